The molecule has 0 aromatic heterocycles. The molecular weight excluding hydrogens is 264 g/mol. The summed E-state index contributed by atoms with van der Waals surface area (Å²) in [4.78, 5) is 13.2. The van der Waals surface area contributed by atoms with E-state index in [1.807, 2.05) is 12.1 Å². The van der Waals surface area contributed by atoms with Crippen molar-refractivity contribution in [3.05, 3.63) is 54.1 Å². The minimum Gasteiger partial charge on any atom is -0.478 e. The zero-order valence-corrected chi connectivity index (χ0v) is 11.7. The van der Waals surface area contributed by atoms with Crippen molar-refractivity contribution in [3.8, 4) is 11.1 Å². The zero-order valence-electron chi connectivity index (χ0n) is 11.7. The fraction of sp³-hybridized carbons (Fsp3) is 0.235. The molecule has 0 aliphatic carbocycles. The van der Waals surface area contributed by atoms with Crippen LogP contribution in [0.15, 0.2) is 48.5 Å². The van der Waals surface area contributed by atoms with Crippen molar-refractivity contribution in [2.75, 3.05) is 31.1 Å². The third kappa shape index (κ3) is 3.06. The van der Waals surface area contributed by atoms with E-state index in [1.54, 1.807) is 12.1 Å². The molecule has 3 rings (SSSR count). The van der Waals surface area contributed by atoms with E-state index in [0.29, 0.717) is 5.56 Å². The maximum Gasteiger partial charge on any atom is 0.335 e. The van der Waals surface area contributed by atoms with Crippen LogP contribution in [-0.4, -0.2) is 37.3 Å². The van der Waals surface area contributed by atoms with Gasteiger partial charge in [0, 0.05) is 31.9 Å². The van der Waals surface area contributed by atoms with Crippen LogP contribution in [0, 0.1) is 0 Å². The zero-order chi connectivity index (χ0) is 14.7. The Hall–Kier alpha value is -2.33. The summed E-state index contributed by atoms with van der Waals surface area (Å²) in [7, 11) is 0. The van der Waals surface area contributed by atoms with Crippen molar-refractivity contribution < 1.29 is 9.90 Å². The summed E-state index contributed by atoms with van der Waals surface area (Å²) in [5.74, 6) is -0.893. The average Bonchev–Trinajstić information content (AvgIpc) is 2.56. The van der Waals surface area contributed by atoms with Gasteiger partial charge in [-0.1, -0.05) is 24.3 Å². The minimum atomic E-state index is -0.893. The lowest BCUT2D eigenvalue weighted by molar-refractivity contribution is 0.0697. The monoisotopic (exact) mass is 282 g/mol. The van der Waals surface area contributed by atoms with E-state index in [2.05, 4.69) is 34.5 Å². The van der Waals surface area contributed by atoms with Gasteiger partial charge in [-0.3, -0.25) is 0 Å². The van der Waals surface area contributed by atoms with Gasteiger partial charge in [-0.25, -0.2) is 4.79 Å². The van der Waals surface area contributed by atoms with Crippen molar-refractivity contribution in [3.63, 3.8) is 0 Å². The predicted octanol–water partition coefficient (Wildman–Crippen LogP) is 2.46. The van der Waals surface area contributed by atoms with Crippen LogP contribution in [0.1, 0.15) is 10.4 Å². The van der Waals surface area contributed by atoms with E-state index in [0.717, 1.165) is 37.3 Å². The van der Waals surface area contributed by atoms with Crippen molar-refractivity contribution >= 4 is 11.7 Å². The fourth-order valence-electron chi connectivity index (χ4n) is 2.59. The van der Waals surface area contributed by atoms with Gasteiger partial charge < -0.3 is 15.3 Å². The van der Waals surface area contributed by atoms with Gasteiger partial charge in [-0.2, -0.15) is 0 Å². The normalized spacial score (nSPS) is 15.0. The number of piperazine rings is 1. The Kier molecular flexibility index (Phi) is 3.88. The van der Waals surface area contributed by atoms with E-state index in [9.17, 15) is 4.79 Å². The molecule has 2 aromatic carbocycles. The first-order chi connectivity index (χ1) is 10.2. The molecule has 21 heavy (non-hydrogen) atoms. The summed E-state index contributed by atoms with van der Waals surface area (Å²) >= 11 is 0. The molecule has 2 aromatic rings. The van der Waals surface area contributed by atoms with Crippen LogP contribution in [0.25, 0.3) is 11.1 Å². The number of hydrogen-bond donors (Lipinski definition) is 2. The molecule has 1 heterocycles. The summed E-state index contributed by atoms with van der Waals surface area (Å²) in [6, 6.07) is 15.4. The largest absolute Gasteiger partial charge is 0.478 e. The van der Waals surface area contributed by atoms with Gasteiger partial charge in [-0.05, 0) is 35.4 Å². The number of rotatable bonds is 3. The number of benzene rings is 2. The SMILES string of the molecule is O=C(O)c1ccc(-c2ccc(N3CCNCC3)cc2)cc1. The number of aromatic carboxylic acids is 1. The Morgan fingerprint density at radius 3 is 1.95 bits per heavy atom. The lowest BCUT2D eigenvalue weighted by atomic mass is 10.0. The summed E-state index contributed by atoms with van der Waals surface area (Å²) in [6.07, 6.45) is 0. The molecular formula is C17H18N2O2. The lowest BCUT2D eigenvalue weighted by Gasteiger charge is -2.29. The van der Waals surface area contributed by atoms with E-state index in [-0.39, 0.29) is 0 Å². The number of nitrogens with one attached hydrogen (secondary N) is 1. The van der Waals surface area contributed by atoms with Gasteiger partial charge >= 0.3 is 5.97 Å². The van der Waals surface area contributed by atoms with Crippen molar-refractivity contribution in [2.45, 2.75) is 0 Å². The van der Waals surface area contributed by atoms with Crippen LogP contribution in [-0.2, 0) is 0 Å². The Morgan fingerprint density at radius 1 is 0.905 bits per heavy atom. The number of carboxylic acid groups (broad SMARTS) is 1. The molecule has 0 saturated carbocycles. The van der Waals surface area contributed by atoms with Crippen LogP contribution in [0.5, 0.6) is 0 Å². The third-order valence-corrected chi connectivity index (χ3v) is 3.81. The third-order valence-electron chi connectivity index (χ3n) is 3.81. The fourth-order valence-corrected chi connectivity index (χ4v) is 2.59. The maximum absolute atomic E-state index is 10.9. The second-order valence-electron chi connectivity index (χ2n) is 5.17. The molecule has 1 fully saturated rings. The smallest absolute Gasteiger partial charge is 0.335 e. The quantitative estimate of drug-likeness (QED) is 0.908. The Bertz CT molecular complexity index is 614. The van der Waals surface area contributed by atoms with Crippen LogP contribution in [0.2, 0.25) is 0 Å². The molecule has 4 heteroatoms. The first-order valence-electron chi connectivity index (χ1n) is 7.13. The number of nitrogens with zero attached hydrogens (tertiary/aromatic N) is 1. The molecule has 0 amide bonds. The molecule has 0 spiro atoms. The Morgan fingerprint density at radius 2 is 1.43 bits per heavy atom. The van der Waals surface area contributed by atoms with E-state index < -0.39 is 5.97 Å². The molecule has 1 aliphatic heterocycles. The second-order valence-corrected chi connectivity index (χ2v) is 5.17. The number of carboxylic acids is 1. The highest BCUT2D eigenvalue weighted by molar-refractivity contribution is 5.88. The minimum absolute atomic E-state index is 0.316. The van der Waals surface area contributed by atoms with E-state index in [4.69, 9.17) is 5.11 Å². The second kappa shape index (κ2) is 5.97. The molecule has 0 unspecified atom stereocenters. The summed E-state index contributed by atoms with van der Waals surface area (Å²) < 4.78 is 0. The van der Waals surface area contributed by atoms with Crippen LogP contribution >= 0.6 is 0 Å². The van der Waals surface area contributed by atoms with Crippen LogP contribution in [0.4, 0.5) is 5.69 Å². The molecule has 2 N–H and O–H groups in total. The average molecular weight is 282 g/mol. The number of hydrogen-bond acceptors (Lipinski definition) is 3. The molecule has 1 aliphatic rings. The van der Waals surface area contributed by atoms with Crippen LogP contribution in [0.3, 0.4) is 0 Å². The van der Waals surface area contributed by atoms with Crippen molar-refractivity contribution in [2.24, 2.45) is 0 Å². The predicted molar refractivity (Wildman–Crippen MR) is 83.9 cm³/mol. The van der Waals surface area contributed by atoms with Crippen LogP contribution < -0.4 is 10.2 Å². The summed E-state index contributed by atoms with van der Waals surface area (Å²) in [5, 5.41) is 12.3. The Balaban J connectivity index is 1.78. The molecule has 108 valence electrons. The highest BCUT2D eigenvalue weighted by Gasteiger charge is 2.10. The molecule has 4 nitrogen and oxygen atoms in total. The highest BCUT2D eigenvalue weighted by atomic mass is 16.4. The topological polar surface area (TPSA) is 52.6 Å². The standard InChI is InChI=1S/C17H18N2O2/c20-17(21)15-3-1-13(2-4-15)14-5-7-16(8-6-14)19-11-9-18-10-12-19/h1-8,18H,9-12H2,(H,20,21). The lowest BCUT2D eigenvalue weighted by Crippen LogP contribution is -2.43. The molecule has 1 saturated heterocycles. The van der Waals surface area contributed by atoms with E-state index >= 15 is 0 Å². The van der Waals surface area contributed by atoms with Gasteiger partial charge in [0.05, 0.1) is 5.56 Å². The maximum atomic E-state index is 10.9. The highest BCUT2D eigenvalue weighted by Crippen LogP contribution is 2.23. The van der Waals surface area contributed by atoms with Gasteiger partial charge in [0.2, 0.25) is 0 Å². The summed E-state index contributed by atoms with van der Waals surface area (Å²) in [5.41, 5.74) is 3.69. The Labute approximate surface area is 124 Å². The molecule has 0 atom stereocenters. The van der Waals surface area contributed by atoms with Gasteiger partial charge in [0.1, 0.15) is 0 Å². The molecule has 0 bridgehead atoms. The van der Waals surface area contributed by atoms with Gasteiger partial charge in [0.15, 0.2) is 0 Å². The number of anilines is 1. The van der Waals surface area contributed by atoms with E-state index in [1.165, 1.54) is 5.69 Å². The number of carbonyl (C=O) groups is 1. The molecule has 0 radical (unpaired) electrons. The van der Waals surface area contributed by atoms with Gasteiger partial charge in [0.25, 0.3) is 0 Å². The first-order valence-corrected chi connectivity index (χ1v) is 7.13. The van der Waals surface area contributed by atoms with Crippen molar-refractivity contribution in [1.82, 2.24) is 5.32 Å². The summed E-state index contributed by atoms with van der Waals surface area (Å²) in [6.45, 7) is 4.12. The first kappa shape index (κ1) is 13.6. The van der Waals surface area contributed by atoms with Crippen molar-refractivity contribution in [1.29, 1.82) is 0 Å². The van der Waals surface area contributed by atoms with Gasteiger partial charge in [-0.15, -0.1) is 0 Å².